The van der Waals surface area contributed by atoms with Crippen LogP contribution in [0.3, 0.4) is 0 Å². The summed E-state index contributed by atoms with van der Waals surface area (Å²) in [7, 11) is 0. The van der Waals surface area contributed by atoms with Gasteiger partial charge in [-0.3, -0.25) is 4.98 Å². The molecule has 1 aromatic heterocycles. The predicted molar refractivity (Wildman–Crippen MR) is 80.6 cm³/mol. The van der Waals surface area contributed by atoms with Gasteiger partial charge in [0.25, 0.3) is 0 Å². The maximum absolute atomic E-state index is 12.8. The van der Waals surface area contributed by atoms with E-state index in [-0.39, 0.29) is 5.75 Å². The van der Waals surface area contributed by atoms with E-state index in [0.717, 1.165) is 60.6 Å². The van der Waals surface area contributed by atoms with E-state index in [1.807, 2.05) is 26.0 Å². The number of aromatic nitrogens is 1. The van der Waals surface area contributed by atoms with E-state index < -0.39 is 0 Å². The van der Waals surface area contributed by atoms with Gasteiger partial charge in [0.1, 0.15) is 19.6 Å². The second-order valence-electron chi connectivity index (χ2n) is 5.95. The lowest BCUT2D eigenvalue weighted by atomic mass is 10.0. The van der Waals surface area contributed by atoms with Crippen molar-refractivity contribution in [2.75, 3.05) is 26.3 Å². The van der Waals surface area contributed by atoms with Crippen LogP contribution in [0.5, 0.6) is 5.75 Å². The number of rotatable bonds is 2. The van der Waals surface area contributed by atoms with Gasteiger partial charge in [-0.2, -0.15) is 0 Å². The van der Waals surface area contributed by atoms with Crippen molar-refractivity contribution < 1.29 is 14.7 Å². The fraction of sp³-hybridized carbons (Fsp3) is 0.471. The SMILES string of the molecule is Cc1ccc2c([O-])c(C[NH+]3CCOCC3)c(C)nc2c1C. The third kappa shape index (κ3) is 2.61. The minimum atomic E-state index is 0.152. The third-order valence-corrected chi connectivity index (χ3v) is 4.56. The van der Waals surface area contributed by atoms with Gasteiger partial charge in [0, 0.05) is 11.3 Å². The predicted octanol–water partition coefficient (Wildman–Crippen LogP) is 0.649. The van der Waals surface area contributed by atoms with Crippen LogP contribution in [-0.2, 0) is 11.3 Å². The fourth-order valence-electron chi connectivity index (χ4n) is 2.99. The van der Waals surface area contributed by atoms with E-state index in [0.29, 0.717) is 0 Å². The van der Waals surface area contributed by atoms with Crippen molar-refractivity contribution >= 4 is 10.9 Å². The van der Waals surface area contributed by atoms with Gasteiger partial charge >= 0.3 is 0 Å². The summed E-state index contributed by atoms with van der Waals surface area (Å²) in [5.74, 6) is 0.152. The van der Waals surface area contributed by atoms with Gasteiger partial charge < -0.3 is 14.7 Å². The number of morpholine rings is 1. The first-order valence-corrected chi connectivity index (χ1v) is 7.55. The minimum absolute atomic E-state index is 0.152. The highest BCUT2D eigenvalue weighted by atomic mass is 16.5. The number of ether oxygens (including phenoxy) is 1. The Morgan fingerprint density at radius 2 is 1.90 bits per heavy atom. The van der Waals surface area contributed by atoms with E-state index in [2.05, 4.69) is 6.92 Å². The van der Waals surface area contributed by atoms with Gasteiger partial charge in [-0.25, -0.2) is 0 Å². The van der Waals surface area contributed by atoms with Gasteiger partial charge in [-0.1, -0.05) is 17.9 Å². The van der Waals surface area contributed by atoms with Gasteiger partial charge in [0.05, 0.1) is 18.7 Å². The Balaban J connectivity index is 2.05. The standard InChI is InChI=1S/C17H22N2O2/c1-11-4-5-14-16(12(11)2)18-13(3)15(17(14)20)10-19-6-8-21-9-7-19/h4-5H,6-10H2,1-3H3,(H,18,20). The molecule has 112 valence electrons. The summed E-state index contributed by atoms with van der Waals surface area (Å²) in [6, 6.07) is 3.94. The topological polar surface area (TPSA) is 49.6 Å². The van der Waals surface area contributed by atoms with Crippen molar-refractivity contribution in [2.24, 2.45) is 0 Å². The van der Waals surface area contributed by atoms with E-state index in [1.54, 1.807) is 0 Å². The number of fused-ring (bicyclic) bond motifs is 1. The maximum atomic E-state index is 12.8. The van der Waals surface area contributed by atoms with Crippen LogP contribution in [0.25, 0.3) is 10.9 Å². The zero-order chi connectivity index (χ0) is 15.0. The highest BCUT2D eigenvalue weighted by Gasteiger charge is 2.17. The van der Waals surface area contributed by atoms with Crippen LogP contribution in [0.1, 0.15) is 22.4 Å². The summed E-state index contributed by atoms with van der Waals surface area (Å²) in [6.07, 6.45) is 0. The molecule has 2 heterocycles. The molecule has 0 aliphatic carbocycles. The fourth-order valence-corrected chi connectivity index (χ4v) is 2.99. The lowest BCUT2D eigenvalue weighted by molar-refractivity contribution is -0.921. The molecule has 0 saturated carbocycles. The first kappa shape index (κ1) is 14.3. The van der Waals surface area contributed by atoms with Gasteiger partial charge in [-0.05, 0) is 37.3 Å². The van der Waals surface area contributed by atoms with Crippen molar-refractivity contribution in [3.05, 3.63) is 34.5 Å². The number of hydrogen-bond donors (Lipinski definition) is 1. The van der Waals surface area contributed by atoms with Crippen LogP contribution < -0.4 is 10.0 Å². The Hall–Kier alpha value is -1.65. The van der Waals surface area contributed by atoms with E-state index in [4.69, 9.17) is 9.72 Å². The second kappa shape index (κ2) is 5.62. The van der Waals surface area contributed by atoms with Crippen molar-refractivity contribution in [1.29, 1.82) is 0 Å². The highest BCUT2D eigenvalue weighted by Crippen LogP contribution is 2.29. The third-order valence-electron chi connectivity index (χ3n) is 4.56. The molecule has 2 aromatic rings. The van der Waals surface area contributed by atoms with Crippen molar-refractivity contribution in [3.8, 4) is 5.75 Å². The highest BCUT2D eigenvalue weighted by molar-refractivity contribution is 5.89. The molecule has 1 N–H and O–H groups in total. The van der Waals surface area contributed by atoms with Crippen LogP contribution in [0.2, 0.25) is 0 Å². The van der Waals surface area contributed by atoms with Crippen molar-refractivity contribution in [3.63, 3.8) is 0 Å². The molecule has 0 spiro atoms. The molecule has 1 aromatic carbocycles. The second-order valence-corrected chi connectivity index (χ2v) is 5.95. The first-order valence-electron chi connectivity index (χ1n) is 7.55. The average Bonchev–Trinajstić information content (AvgIpc) is 2.49. The van der Waals surface area contributed by atoms with Crippen molar-refractivity contribution in [2.45, 2.75) is 27.3 Å². The molecule has 1 fully saturated rings. The molecule has 1 saturated heterocycles. The maximum Gasteiger partial charge on any atom is 0.104 e. The van der Waals surface area contributed by atoms with E-state index in [1.165, 1.54) is 10.5 Å². The van der Waals surface area contributed by atoms with E-state index >= 15 is 0 Å². The molecular formula is C17H22N2O2. The molecule has 0 unspecified atom stereocenters. The smallest absolute Gasteiger partial charge is 0.104 e. The molecule has 3 rings (SSSR count). The number of quaternary nitrogens is 1. The molecule has 1 aliphatic rings. The number of aryl methyl sites for hydroxylation is 3. The van der Waals surface area contributed by atoms with E-state index in [9.17, 15) is 5.11 Å². The molecule has 1 aliphatic heterocycles. The van der Waals surface area contributed by atoms with Crippen LogP contribution in [-0.4, -0.2) is 31.3 Å². The summed E-state index contributed by atoms with van der Waals surface area (Å²) in [5.41, 5.74) is 4.89. The molecule has 4 heteroatoms. The Labute approximate surface area is 125 Å². The average molecular weight is 286 g/mol. The minimum Gasteiger partial charge on any atom is -0.872 e. The quantitative estimate of drug-likeness (QED) is 0.882. The zero-order valence-corrected chi connectivity index (χ0v) is 13.0. The summed E-state index contributed by atoms with van der Waals surface area (Å²) in [5, 5.41) is 13.6. The van der Waals surface area contributed by atoms with Gasteiger partial charge in [-0.15, -0.1) is 0 Å². The van der Waals surface area contributed by atoms with Crippen LogP contribution >= 0.6 is 0 Å². The molecule has 21 heavy (non-hydrogen) atoms. The van der Waals surface area contributed by atoms with Gasteiger partial charge in [0.2, 0.25) is 0 Å². The first-order chi connectivity index (χ1) is 10.1. The summed E-state index contributed by atoms with van der Waals surface area (Å²) < 4.78 is 5.38. The molecule has 0 radical (unpaired) electrons. The molecular weight excluding hydrogens is 264 g/mol. The van der Waals surface area contributed by atoms with Crippen LogP contribution in [0.15, 0.2) is 12.1 Å². The van der Waals surface area contributed by atoms with Crippen LogP contribution in [0, 0.1) is 20.8 Å². The number of nitrogens with zero attached hydrogens (tertiary/aromatic N) is 1. The Morgan fingerprint density at radius 3 is 2.62 bits per heavy atom. The number of hydrogen-bond acceptors (Lipinski definition) is 3. The Morgan fingerprint density at radius 1 is 1.19 bits per heavy atom. The Bertz CT molecular complexity index is 676. The normalized spacial score (nSPS) is 16.5. The lowest BCUT2D eigenvalue weighted by Crippen LogP contribution is -3.12. The van der Waals surface area contributed by atoms with Crippen molar-refractivity contribution in [1.82, 2.24) is 4.98 Å². The summed E-state index contributed by atoms with van der Waals surface area (Å²) in [6.45, 7) is 10.3. The summed E-state index contributed by atoms with van der Waals surface area (Å²) >= 11 is 0. The van der Waals surface area contributed by atoms with Crippen LogP contribution in [0.4, 0.5) is 0 Å². The number of nitrogens with one attached hydrogen (secondary N) is 1. The summed E-state index contributed by atoms with van der Waals surface area (Å²) in [4.78, 5) is 6.13. The number of pyridine rings is 1. The molecule has 0 atom stereocenters. The number of benzene rings is 1. The zero-order valence-electron chi connectivity index (χ0n) is 13.0. The van der Waals surface area contributed by atoms with Gasteiger partial charge in [0.15, 0.2) is 0 Å². The Kier molecular flexibility index (Phi) is 3.83. The molecule has 0 bridgehead atoms. The monoisotopic (exact) mass is 286 g/mol. The largest absolute Gasteiger partial charge is 0.872 e. The molecule has 0 amide bonds. The lowest BCUT2D eigenvalue weighted by Gasteiger charge is -2.27. The molecule has 4 nitrogen and oxygen atoms in total.